The highest BCUT2D eigenvalue weighted by Crippen LogP contribution is 2.41. The van der Waals surface area contributed by atoms with Crippen LogP contribution >= 0.6 is 0 Å². The van der Waals surface area contributed by atoms with E-state index in [0.29, 0.717) is 18.5 Å². The fourth-order valence-corrected chi connectivity index (χ4v) is 5.27. The van der Waals surface area contributed by atoms with E-state index >= 15 is 0 Å². The standard InChI is InChI=1S/C27H27F3N2O4S/c1-18(19-2-4-20(5-3-19)24-11-10-23(29)16-25(24)30)32-14-12-27(17-26(32)33,13-15-36-37(31,34)35)21-6-8-22(28)9-7-21/h2-11,16,18H,12-15,17H2,1H3,(H2,31,34,35)/t18-,27+/m1/s1. The number of halogens is 3. The van der Waals surface area contributed by atoms with Crippen molar-refractivity contribution in [2.75, 3.05) is 13.2 Å². The molecule has 10 heteroatoms. The molecule has 1 heterocycles. The van der Waals surface area contributed by atoms with E-state index in [9.17, 15) is 26.4 Å². The molecule has 196 valence electrons. The lowest BCUT2D eigenvalue weighted by Crippen LogP contribution is -2.47. The Bertz CT molecular complexity index is 1380. The molecule has 1 aliphatic heterocycles. The number of piperidine rings is 1. The third-order valence-corrected chi connectivity index (χ3v) is 7.52. The Morgan fingerprint density at radius 3 is 2.24 bits per heavy atom. The highest BCUT2D eigenvalue weighted by atomic mass is 32.2. The minimum atomic E-state index is -4.14. The predicted molar refractivity (Wildman–Crippen MR) is 133 cm³/mol. The Morgan fingerprint density at radius 1 is 1.00 bits per heavy atom. The van der Waals surface area contributed by atoms with E-state index < -0.39 is 33.2 Å². The van der Waals surface area contributed by atoms with Gasteiger partial charge < -0.3 is 4.90 Å². The van der Waals surface area contributed by atoms with Crippen LogP contribution < -0.4 is 5.14 Å². The summed E-state index contributed by atoms with van der Waals surface area (Å²) < 4.78 is 68.2. The molecule has 0 saturated carbocycles. The van der Waals surface area contributed by atoms with E-state index in [1.807, 2.05) is 6.92 Å². The number of benzene rings is 3. The van der Waals surface area contributed by atoms with Crippen LogP contribution in [-0.4, -0.2) is 32.4 Å². The lowest BCUT2D eigenvalue weighted by Gasteiger charge is -2.44. The molecule has 0 aromatic heterocycles. The van der Waals surface area contributed by atoms with E-state index in [-0.39, 0.29) is 37.0 Å². The quantitative estimate of drug-likeness (QED) is 0.442. The second-order valence-corrected chi connectivity index (χ2v) is 10.5. The predicted octanol–water partition coefficient (Wildman–Crippen LogP) is 5.00. The average Bonchev–Trinajstić information content (AvgIpc) is 2.83. The number of carbonyl (C=O) groups excluding carboxylic acids is 1. The second kappa shape index (κ2) is 10.6. The van der Waals surface area contributed by atoms with Crippen molar-refractivity contribution in [2.24, 2.45) is 5.14 Å². The van der Waals surface area contributed by atoms with Crippen LogP contribution in [0.4, 0.5) is 13.2 Å². The van der Waals surface area contributed by atoms with Crippen LogP contribution in [-0.2, 0) is 24.7 Å². The number of hydrogen-bond acceptors (Lipinski definition) is 4. The molecule has 37 heavy (non-hydrogen) atoms. The fraction of sp³-hybridized carbons (Fsp3) is 0.296. The molecule has 1 fully saturated rings. The molecule has 0 radical (unpaired) electrons. The van der Waals surface area contributed by atoms with Crippen molar-refractivity contribution >= 4 is 16.2 Å². The summed E-state index contributed by atoms with van der Waals surface area (Å²) in [5, 5.41) is 4.96. The molecule has 0 bridgehead atoms. The Kier molecular flexibility index (Phi) is 7.72. The van der Waals surface area contributed by atoms with Gasteiger partial charge in [-0.2, -0.15) is 8.42 Å². The SMILES string of the molecule is C[C@H](c1ccc(-c2ccc(F)cc2F)cc1)N1CC[C@@](CCOS(N)(=O)=O)(c2ccc(F)cc2)CC1=O. The van der Waals surface area contributed by atoms with E-state index in [1.165, 1.54) is 24.3 Å². The summed E-state index contributed by atoms with van der Waals surface area (Å²) in [4.78, 5) is 15.1. The van der Waals surface area contributed by atoms with Crippen LogP contribution in [0.15, 0.2) is 66.7 Å². The zero-order valence-electron chi connectivity index (χ0n) is 20.2. The van der Waals surface area contributed by atoms with Gasteiger partial charge in [0, 0.05) is 30.0 Å². The van der Waals surface area contributed by atoms with Crippen LogP contribution in [0.5, 0.6) is 0 Å². The smallest absolute Gasteiger partial charge is 0.333 e. The number of nitrogens with zero attached hydrogens (tertiary/aromatic N) is 1. The monoisotopic (exact) mass is 532 g/mol. The van der Waals surface area contributed by atoms with Crippen LogP contribution in [0.2, 0.25) is 0 Å². The van der Waals surface area contributed by atoms with Crippen molar-refractivity contribution in [1.82, 2.24) is 4.90 Å². The first-order chi connectivity index (χ1) is 17.5. The first-order valence-corrected chi connectivity index (χ1v) is 13.2. The van der Waals surface area contributed by atoms with Gasteiger partial charge in [-0.25, -0.2) is 18.3 Å². The first kappa shape index (κ1) is 26.8. The van der Waals surface area contributed by atoms with Gasteiger partial charge in [0.25, 0.3) is 0 Å². The summed E-state index contributed by atoms with van der Waals surface area (Å²) in [5.41, 5.74) is 1.68. The zero-order chi connectivity index (χ0) is 26.8. The van der Waals surface area contributed by atoms with Gasteiger partial charge in [-0.1, -0.05) is 36.4 Å². The van der Waals surface area contributed by atoms with E-state index in [1.54, 1.807) is 41.3 Å². The Balaban J connectivity index is 1.52. The Morgan fingerprint density at radius 2 is 1.65 bits per heavy atom. The largest absolute Gasteiger partial charge is 0.336 e. The molecule has 2 atom stereocenters. The van der Waals surface area contributed by atoms with Gasteiger partial charge in [0.2, 0.25) is 5.91 Å². The second-order valence-electron chi connectivity index (χ2n) is 9.29. The summed E-state index contributed by atoms with van der Waals surface area (Å²) >= 11 is 0. The number of likely N-dealkylation sites (tertiary alicyclic amines) is 1. The minimum absolute atomic E-state index is 0.0792. The molecule has 3 aromatic rings. The first-order valence-electron chi connectivity index (χ1n) is 11.8. The highest BCUT2D eigenvalue weighted by molar-refractivity contribution is 7.84. The van der Waals surface area contributed by atoms with Crippen LogP contribution in [0.25, 0.3) is 11.1 Å². The normalized spacial score (nSPS) is 19.2. The summed E-state index contributed by atoms with van der Waals surface area (Å²) in [7, 11) is -4.14. The Hall–Kier alpha value is -3.21. The summed E-state index contributed by atoms with van der Waals surface area (Å²) in [6.45, 7) is 2.06. The molecule has 3 aromatic carbocycles. The van der Waals surface area contributed by atoms with Gasteiger partial charge in [-0.05, 0) is 60.7 Å². The highest BCUT2D eigenvalue weighted by Gasteiger charge is 2.41. The molecule has 6 nitrogen and oxygen atoms in total. The Labute approximate surface area is 214 Å². The molecule has 1 saturated heterocycles. The van der Waals surface area contributed by atoms with Crippen molar-refractivity contribution in [1.29, 1.82) is 0 Å². The maximum absolute atomic E-state index is 14.2. The fourth-order valence-electron chi connectivity index (χ4n) is 4.95. The molecule has 1 amide bonds. The lowest BCUT2D eigenvalue weighted by atomic mass is 9.70. The van der Waals surface area contributed by atoms with Crippen LogP contribution in [0.1, 0.15) is 43.4 Å². The van der Waals surface area contributed by atoms with Crippen molar-refractivity contribution in [3.05, 3.63) is 95.3 Å². The van der Waals surface area contributed by atoms with Gasteiger partial charge >= 0.3 is 10.3 Å². The molecule has 4 rings (SSSR count). The molecule has 2 N–H and O–H groups in total. The van der Waals surface area contributed by atoms with E-state index in [0.717, 1.165) is 17.2 Å². The van der Waals surface area contributed by atoms with Crippen LogP contribution in [0.3, 0.4) is 0 Å². The number of nitrogens with two attached hydrogens (primary N) is 1. The zero-order valence-corrected chi connectivity index (χ0v) is 21.0. The van der Waals surface area contributed by atoms with Gasteiger partial charge in [0.15, 0.2) is 0 Å². The molecular formula is C27H27F3N2O4S. The topological polar surface area (TPSA) is 89.7 Å². The van der Waals surface area contributed by atoms with E-state index in [4.69, 9.17) is 9.32 Å². The molecule has 0 spiro atoms. The third-order valence-electron chi connectivity index (χ3n) is 7.03. The maximum atomic E-state index is 14.2. The van der Waals surface area contributed by atoms with Crippen molar-refractivity contribution in [3.63, 3.8) is 0 Å². The van der Waals surface area contributed by atoms with Crippen molar-refractivity contribution < 1.29 is 30.6 Å². The number of rotatable bonds is 8. The molecular weight excluding hydrogens is 505 g/mol. The summed E-state index contributed by atoms with van der Waals surface area (Å²) in [6.07, 6.45) is 0.790. The molecule has 0 aliphatic carbocycles. The molecule has 0 unspecified atom stereocenters. The van der Waals surface area contributed by atoms with Crippen molar-refractivity contribution in [2.45, 2.75) is 37.6 Å². The van der Waals surface area contributed by atoms with Crippen LogP contribution in [0, 0.1) is 17.5 Å². The van der Waals surface area contributed by atoms with Gasteiger partial charge in [0.05, 0.1) is 12.6 Å². The van der Waals surface area contributed by atoms with Gasteiger partial charge in [0.1, 0.15) is 17.5 Å². The third kappa shape index (κ3) is 6.20. The number of hydrogen-bond donors (Lipinski definition) is 1. The van der Waals surface area contributed by atoms with Gasteiger partial charge in [-0.3, -0.25) is 8.98 Å². The minimum Gasteiger partial charge on any atom is -0.336 e. The summed E-state index contributed by atoms with van der Waals surface area (Å²) in [5.74, 6) is -1.87. The number of carbonyl (C=O) groups is 1. The van der Waals surface area contributed by atoms with Gasteiger partial charge in [-0.15, -0.1) is 0 Å². The lowest BCUT2D eigenvalue weighted by molar-refractivity contribution is -0.138. The summed E-state index contributed by atoms with van der Waals surface area (Å²) in [6, 6.07) is 16.0. The van der Waals surface area contributed by atoms with Crippen molar-refractivity contribution in [3.8, 4) is 11.1 Å². The molecule has 1 aliphatic rings. The number of amides is 1. The van der Waals surface area contributed by atoms with E-state index in [2.05, 4.69) is 0 Å². The average molecular weight is 533 g/mol. The maximum Gasteiger partial charge on any atom is 0.333 e.